The van der Waals surface area contributed by atoms with Crippen LogP contribution < -0.4 is 0 Å². The first kappa shape index (κ1) is 16.7. The highest BCUT2D eigenvalue weighted by Crippen LogP contribution is 2.23. The normalized spacial score (nSPS) is 21.0. The van der Waals surface area contributed by atoms with Crippen LogP contribution in [-0.2, 0) is 20.9 Å². The van der Waals surface area contributed by atoms with E-state index < -0.39 is 0 Å². The molecule has 2 aromatic carbocycles. The van der Waals surface area contributed by atoms with Gasteiger partial charge in [0.2, 0.25) is 0 Å². The SMILES string of the molecule is C=CCOC(=O)C1CC(OCc2cccc3ccccc23)CN1C. The number of hydrogen-bond acceptors (Lipinski definition) is 4. The fourth-order valence-electron chi connectivity index (χ4n) is 3.21. The lowest BCUT2D eigenvalue weighted by atomic mass is 10.1. The van der Waals surface area contributed by atoms with Gasteiger partial charge in [0.25, 0.3) is 0 Å². The lowest BCUT2D eigenvalue weighted by Gasteiger charge is -2.16. The van der Waals surface area contributed by atoms with E-state index in [1.807, 2.05) is 24.1 Å². The molecule has 2 unspecified atom stereocenters. The number of esters is 1. The maximum absolute atomic E-state index is 12.0. The molecule has 2 aromatic rings. The molecule has 0 spiro atoms. The van der Waals surface area contributed by atoms with Gasteiger partial charge in [0.1, 0.15) is 12.6 Å². The highest BCUT2D eigenvalue weighted by Gasteiger charge is 2.36. The lowest BCUT2D eigenvalue weighted by Crippen LogP contribution is -2.34. The zero-order valence-corrected chi connectivity index (χ0v) is 14.0. The fraction of sp³-hybridized carbons (Fsp3) is 0.350. The number of nitrogens with zero attached hydrogens (tertiary/aromatic N) is 1. The minimum atomic E-state index is -0.234. The molecular formula is C20H23NO3. The topological polar surface area (TPSA) is 38.8 Å². The molecule has 126 valence electrons. The Morgan fingerprint density at radius 2 is 2.08 bits per heavy atom. The van der Waals surface area contributed by atoms with Crippen molar-refractivity contribution in [3.8, 4) is 0 Å². The molecule has 4 heteroatoms. The third kappa shape index (κ3) is 3.66. The molecule has 24 heavy (non-hydrogen) atoms. The number of likely N-dealkylation sites (tertiary alicyclic amines) is 1. The van der Waals surface area contributed by atoms with Crippen molar-refractivity contribution in [1.29, 1.82) is 0 Å². The molecule has 0 N–H and O–H groups in total. The minimum absolute atomic E-state index is 0.0373. The first-order valence-electron chi connectivity index (χ1n) is 8.25. The Kier molecular flexibility index (Phi) is 5.28. The first-order valence-corrected chi connectivity index (χ1v) is 8.25. The molecule has 0 amide bonds. The number of ether oxygens (including phenoxy) is 2. The summed E-state index contributed by atoms with van der Waals surface area (Å²) in [6.45, 7) is 5.10. The Balaban J connectivity index is 1.61. The van der Waals surface area contributed by atoms with Crippen LogP contribution in [0.3, 0.4) is 0 Å². The van der Waals surface area contributed by atoms with E-state index in [0.717, 1.165) is 6.54 Å². The highest BCUT2D eigenvalue weighted by atomic mass is 16.5. The van der Waals surface area contributed by atoms with E-state index in [1.165, 1.54) is 16.3 Å². The summed E-state index contributed by atoms with van der Waals surface area (Å²) in [6.07, 6.45) is 2.29. The molecule has 0 aliphatic carbocycles. The van der Waals surface area contributed by atoms with Gasteiger partial charge in [-0.15, -0.1) is 0 Å². The van der Waals surface area contributed by atoms with Crippen LogP contribution in [0.1, 0.15) is 12.0 Å². The van der Waals surface area contributed by atoms with Crippen LogP contribution in [0.5, 0.6) is 0 Å². The first-order chi connectivity index (χ1) is 11.7. The highest BCUT2D eigenvalue weighted by molar-refractivity contribution is 5.85. The Morgan fingerprint density at radius 3 is 2.92 bits per heavy atom. The van der Waals surface area contributed by atoms with Crippen LogP contribution in [0.4, 0.5) is 0 Å². The van der Waals surface area contributed by atoms with Gasteiger partial charge >= 0.3 is 5.97 Å². The van der Waals surface area contributed by atoms with E-state index >= 15 is 0 Å². The van der Waals surface area contributed by atoms with Crippen LogP contribution in [0.15, 0.2) is 55.1 Å². The monoisotopic (exact) mass is 325 g/mol. The van der Waals surface area contributed by atoms with Gasteiger partial charge in [0, 0.05) is 13.0 Å². The van der Waals surface area contributed by atoms with E-state index in [4.69, 9.17) is 9.47 Å². The average molecular weight is 325 g/mol. The zero-order chi connectivity index (χ0) is 16.9. The Morgan fingerprint density at radius 1 is 1.29 bits per heavy atom. The molecule has 0 saturated carbocycles. The lowest BCUT2D eigenvalue weighted by molar-refractivity contribution is -0.147. The number of fused-ring (bicyclic) bond motifs is 1. The Bertz CT molecular complexity index is 722. The van der Waals surface area contributed by atoms with Gasteiger partial charge in [0.15, 0.2) is 0 Å². The standard InChI is InChI=1S/C20H23NO3/c1-3-11-23-20(22)19-12-17(13-21(19)2)24-14-16-9-6-8-15-7-4-5-10-18(15)16/h3-10,17,19H,1,11-14H2,2H3. The van der Waals surface area contributed by atoms with Crippen LogP contribution in [0, 0.1) is 0 Å². The van der Waals surface area contributed by atoms with Crippen molar-refractivity contribution >= 4 is 16.7 Å². The van der Waals surface area contributed by atoms with E-state index in [-0.39, 0.29) is 24.7 Å². The van der Waals surface area contributed by atoms with Crippen LogP contribution in [0.2, 0.25) is 0 Å². The van der Waals surface area contributed by atoms with Gasteiger partial charge in [-0.25, -0.2) is 0 Å². The van der Waals surface area contributed by atoms with Crippen molar-refractivity contribution in [2.75, 3.05) is 20.2 Å². The average Bonchev–Trinajstić information content (AvgIpc) is 2.98. The summed E-state index contributed by atoms with van der Waals surface area (Å²) in [5, 5.41) is 2.43. The quantitative estimate of drug-likeness (QED) is 0.604. The van der Waals surface area contributed by atoms with Gasteiger partial charge in [-0.05, 0) is 23.4 Å². The van der Waals surface area contributed by atoms with Crippen molar-refractivity contribution < 1.29 is 14.3 Å². The third-order valence-corrected chi connectivity index (χ3v) is 4.48. The molecule has 0 aromatic heterocycles. The van der Waals surface area contributed by atoms with Crippen LogP contribution in [-0.4, -0.2) is 43.2 Å². The molecular weight excluding hydrogens is 302 g/mol. The fourth-order valence-corrected chi connectivity index (χ4v) is 3.21. The predicted molar refractivity (Wildman–Crippen MR) is 94.7 cm³/mol. The molecule has 3 rings (SSSR count). The second-order valence-electron chi connectivity index (χ2n) is 6.18. The Labute approximate surface area is 142 Å². The van der Waals surface area contributed by atoms with Crippen molar-refractivity contribution in [3.05, 3.63) is 60.7 Å². The molecule has 0 radical (unpaired) electrons. The molecule has 1 fully saturated rings. The number of benzene rings is 2. The number of likely N-dealkylation sites (N-methyl/N-ethyl adjacent to an activating group) is 1. The number of hydrogen-bond donors (Lipinski definition) is 0. The maximum Gasteiger partial charge on any atom is 0.323 e. The molecule has 4 nitrogen and oxygen atoms in total. The van der Waals surface area contributed by atoms with Gasteiger partial charge in [0.05, 0.1) is 12.7 Å². The van der Waals surface area contributed by atoms with Gasteiger partial charge in [-0.2, -0.15) is 0 Å². The number of rotatable bonds is 6. The van der Waals surface area contributed by atoms with Gasteiger partial charge in [-0.1, -0.05) is 55.1 Å². The van der Waals surface area contributed by atoms with Crippen molar-refractivity contribution in [2.45, 2.75) is 25.2 Å². The summed E-state index contributed by atoms with van der Waals surface area (Å²) < 4.78 is 11.2. The predicted octanol–water partition coefficient (Wildman–Crippen LogP) is 3.16. The van der Waals surface area contributed by atoms with Crippen LogP contribution in [0.25, 0.3) is 10.8 Å². The van der Waals surface area contributed by atoms with Crippen molar-refractivity contribution in [1.82, 2.24) is 4.90 Å². The summed E-state index contributed by atoms with van der Waals surface area (Å²) in [7, 11) is 1.93. The second-order valence-corrected chi connectivity index (χ2v) is 6.18. The smallest absolute Gasteiger partial charge is 0.323 e. The number of carbonyl (C=O) groups is 1. The molecule has 1 heterocycles. The maximum atomic E-state index is 12.0. The molecule has 2 atom stereocenters. The third-order valence-electron chi connectivity index (χ3n) is 4.48. The van der Waals surface area contributed by atoms with E-state index in [9.17, 15) is 4.79 Å². The second kappa shape index (κ2) is 7.60. The largest absolute Gasteiger partial charge is 0.460 e. The van der Waals surface area contributed by atoms with E-state index in [2.05, 4.69) is 36.9 Å². The summed E-state index contributed by atoms with van der Waals surface area (Å²) in [6, 6.07) is 14.3. The zero-order valence-electron chi connectivity index (χ0n) is 14.0. The molecule has 1 aliphatic rings. The van der Waals surface area contributed by atoms with Crippen LogP contribution >= 0.6 is 0 Å². The molecule has 0 bridgehead atoms. The van der Waals surface area contributed by atoms with E-state index in [1.54, 1.807) is 6.08 Å². The molecule has 1 aliphatic heterocycles. The van der Waals surface area contributed by atoms with Crippen molar-refractivity contribution in [3.63, 3.8) is 0 Å². The summed E-state index contributed by atoms with van der Waals surface area (Å²) in [5.41, 5.74) is 1.17. The molecule has 1 saturated heterocycles. The van der Waals surface area contributed by atoms with Crippen molar-refractivity contribution in [2.24, 2.45) is 0 Å². The van der Waals surface area contributed by atoms with Gasteiger partial charge < -0.3 is 9.47 Å². The summed E-state index contributed by atoms with van der Waals surface area (Å²) in [4.78, 5) is 14.0. The van der Waals surface area contributed by atoms with E-state index in [0.29, 0.717) is 13.0 Å². The number of carbonyl (C=O) groups excluding carboxylic acids is 1. The minimum Gasteiger partial charge on any atom is -0.460 e. The Hall–Kier alpha value is -2.17. The van der Waals surface area contributed by atoms with Gasteiger partial charge in [-0.3, -0.25) is 9.69 Å². The summed E-state index contributed by atoms with van der Waals surface area (Å²) in [5.74, 6) is -0.200. The summed E-state index contributed by atoms with van der Waals surface area (Å²) >= 11 is 0.